The highest BCUT2D eigenvalue weighted by Gasteiger charge is 2.14. The monoisotopic (exact) mass is 291 g/mol. The van der Waals surface area contributed by atoms with Gasteiger partial charge in [0, 0.05) is 0 Å². The van der Waals surface area contributed by atoms with Gasteiger partial charge in [-0.05, 0) is 18.7 Å². The van der Waals surface area contributed by atoms with E-state index in [2.05, 4.69) is 15.5 Å². The van der Waals surface area contributed by atoms with E-state index in [-0.39, 0.29) is 24.4 Å². The molecule has 106 valence electrons. The van der Waals surface area contributed by atoms with Crippen molar-refractivity contribution in [3.05, 3.63) is 35.9 Å². The molecule has 7 heteroatoms. The molecule has 0 radical (unpaired) electrons. The normalized spacial score (nSPS) is 12.1. The number of rotatable bonds is 5. The van der Waals surface area contributed by atoms with Gasteiger partial charge in [-0.15, -0.1) is 10.2 Å². The number of nitrogens with two attached hydrogens (primary N) is 1. The van der Waals surface area contributed by atoms with Crippen LogP contribution in [0.4, 0.5) is 5.95 Å². The molecule has 0 aliphatic rings. The summed E-state index contributed by atoms with van der Waals surface area (Å²) >= 11 is 1.40. The van der Waals surface area contributed by atoms with Crippen molar-refractivity contribution in [2.45, 2.75) is 24.7 Å². The summed E-state index contributed by atoms with van der Waals surface area (Å²) in [5.41, 5.74) is 6.76. The Bertz CT molecular complexity index is 584. The van der Waals surface area contributed by atoms with E-state index in [4.69, 9.17) is 5.73 Å². The first-order valence-corrected chi connectivity index (χ1v) is 7.41. The van der Waals surface area contributed by atoms with Gasteiger partial charge in [0.2, 0.25) is 11.9 Å². The predicted molar refractivity (Wildman–Crippen MR) is 79.2 cm³/mol. The van der Waals surface area contributed by atoms with Gasteiger partial charge in [0.1, 0.15) is 6.54 Å². The number of carbonyl (C=O) groups is 1. The third kappa shape index (κ3) is 3.30. The second-order valence-corrected chi connectivity index (χ2v) is 5.10. The van der Waals surface area contributed by atoms with Gasteiger partial charge in [-0.25, -0.2) is 0 Å². The van der Waals surface area contributed by atoms with Crippen molar-refractivity contribution in [3.8, 4) is 0 Å². The highest BCUT2D eigenvalue weighted by atomic mass is 32.2. The summed E-state index contributed by atoms with van der Waals surface area (Å²) in [4.78, 5) is 12.1. The third-order valence-corrected chi connectivity index (χ3v) is 3.57. The van der Waals surface area contributed by atoms with E-state index in [9.17, 15) is 4.79 Å². The lowest BCUT2D eigenvalue weighted by Crippen LogP contribution is -2.30. The molecule has 2 rings (SSSR count). The van der Waals surface area contributed by atoms with Crippen LogP contribution in [-0.4, -0.2) is 26.9 Å². The fourth-order valence-electron chi connectivity index (χ4n) is 1.86. The Hall–Kier alpha value is -2.02. The Kier molecular flexibility index (Phi) is 4.62. The Morgan fingerprint density at radius 2 is 2.10 bits per heavy atom. The van der Waals surface area contributed by atoms with Crippen LogP contribution in [0.3, 0.4) is 0 Å². The maximum absolute atomic E-state index is 12.1. The summed E-state index contributed by atoms with van der Waals surface area (Å²) in [6, 6.07) is 9.74. The number of anilines is 1. The molecule has 0 bridgehead atoms. The standard InChI is InChI=1S/C13H17N5OS/c1-9(10-6-4-3-5-7-10)15-11(19)8-18-12(14)16-17-13(18)20-2/h3-7,9H,8H2,1-2H3,(H2,14,16)(H,15,19). The zero-order valence-corrected chi connectivity index (χ0v) is 12.2. The maximum atomic E-state index is 12.1. The minimum atomic E-state index is -0.122. The average molecular weight is 291 g/mol. The number of hydrogen-bond donors (Lipinski definition) is 2. The maximum Gasteiger partial charge on any atom is 0.240 e. The third-order valence-electron chi connectivity index (χ3n) is 2.91. The summed E-state index contributed by atoms with van der Waals surface area (Å²) in [5.74, 6) is 0.125. The lowest BCUT2D eigenvalue weighted by atomic mass is 10.1. The zero-order chi connectivity index (χ0) is 14.5. The molecule has 6 nitrogen and oxygen atoms in total. The van der Waals surface area contributed by atoms with Crippen LogP contribution in [0.25, 0.3) is 0 Å². The number of nitrogens with zero attached hydrogens (tertiary/aromatic N) is 3. The minimum Gasteiger partial charge on any atom is -0.368 e. The van der Waals surface area contributed by atoms with Gasteiger partial charge in [-0.1, -0.05) is 42.1 Å². The lowest BCUT2D eigenvalue weighted by molar-refractivity contribution is -0.122. The Morgan fingerprint density at radius 3 is 2.75 bits per heavy atom. The van der Waals surface area contributed by atoms with Gasteiger partial charge in [0.25, 0.3) is 0 Å². The fourth-order valence-corrected chi connectivity index (χ4v) is 2.36. The van der Waals surface area contributed by atoms with E-state index < -0.39 is 0 Å². The van der Waals surface area contributed by atoms with Crippen molar-refractivity contribution in [2.24, 2.45) is 0 Å². The largest absolute Gasteiger partial charge is 0.368 e. The highest BCUT2D eigenvalue weighted by Crippen LogP contribution is 2.15. The number of aromatic nitrogens is 3. The van der Waals surface area contributed by atoms with E-state index in [0.29, 0.717) is 5.16 Å². The molecule has 1 atom stereocenters. The zero-order valence-electron chi connectivity index (χ0n) is 11.4. The van der Waals surface area contributed by atoms with E-state index in [1.54, 1.807) is 4.57 Å². The van der Waals surface area contributed by atoms with Gasteiger partial charge in [-0.3, -0.25) is 9.36 Å². The molecule has 0 saturated carbocycles. The van der Waals surface area contributed by atoms with Gasteiger partial charge in [0.05, 0.1) is 6.04 Å². The Balaban J connectivity index is 2.01. The quantitative estimate of drug-likeness (QED) is 0.815. The van der Waals surface area contributed by atoms with Crippen LogP contribution < -0.4 is 11.1 Å². The molecular formula is C13H17N5OS. The number of nitrogen functional groups attached to an aromatic ring is 1. The molecule has 2 aromatic rings. The molecule has 0 spiro atoms. The van der Waals surface area contributed by atoms with Crippen LogP contribution in [0.2, 0.25) is 0 Å². The second kappa shape index (κ2) is 6.42. The average Bonchev–Trinajstić information content (AvgIpc) is 2.80. The summed E-state index contributed by atoms with van der Waals surface area (Å²) in [6.45, 7) is 2.06. The number of amides is 1. The molecule has 0 fully saturated rings. The molecule has 0 aliphatic carbocycles. The van der Waals surface area contributed by atoms with Crippen LogP contribution in [0.5, 0.6) is 0 Å². The van der Waals surface area contributed by atoms with Crippen LogP contribution in [-0.2, 0) is 11.3 Å². The molecule has 1 aromatic heterocycles. The Labute approximate surface area is 121 Å². The molecule has 1 aromatic carbocycles. The van der Waals surface area contributed by atoms with Crippen molar-refractivity contribution in [1.82, 2.24) is 20.1 Å². The number of carbonyl (C=O) groups excluding carboxylic acids is 1. The molecule has 0 aliphatic heterocycles. The first kappa shape index (κ1) is 14.4. The van der Waals surface area contributed by atoms with E-state index in [1.807, 2.05) is 43.5 Å². The van der Waals surface area contributed by atoms with Crippen molar-refractivity contribution >= 4 is 23.6 Å². The smallest absolute Gasteiger partial charge is 0.240 e. The van der Waals surface area contributed by atoms with Gasteiger partial charge < -0.3 is 11.1 Å². The first-order chi connectivity index (χ1) is 9.61. The minimum absolute atomic E-state index is 0.0564. The second-order valence-electron chi connectivity index (χ2n) is 4.33. The van der Waals surface area contributed by atoms with Crippen molar-refractivity contribution in [1.29, 1.82) is 0 Å². The summed E-state index contributed by atoms with van der Waals surface area (Å²) in [6.07, 6.45) is 1.87. The highest BCUT2D eigenvalue weighted by molar-refractivity contribution is 7.98. The SMILES string of the molecule is CSc1nnc(N)n1CC(=O)NC(C)c1ccccc1. The summed E-state index contributed by atoms with van der Waals surface area (Å²) < 4.78 is 1.59. The number of hydrogen-bond acceptors (Lipinski definition) is 5. The van der Waals surface area contributed by atoms with E-state index in [1.165, 1.54) is 11.8 Å². The lowest BCUT2D eigenvalue weighted by Gasteiger charge is -2.15. The molecule has 1 unspecified atom stereocenters. The van der Waals surface area contributed by atoms with E-state index >= 15 is 0 Å². The van der Waals surface area contributed by atoms with Crippen LogP contribution in [0.1, 0.15) is 18.5 Å². The van der Waals surface area contributed by atoms with Gasteiger partial charge in [0.15, 0.2) is 5.16 Å². The number of benzene rings is 1. The van der Waals surface area contributed by atoms with Crippen molar-refractivity contribution < 1.29 is 4.79 Å². The molecule has 1 heterocycles. The number of thioether (sulfide) groups is 1. The van der Waals surface area contributed by atoms with Crippen LogP contribution in [0, 0.1) is 0 Å². The van der Waals surface area contributed by atoms with Crippen LogP contribution in [0.15, 0.2) is 35.5 Å². The number of nitrogens with one attached hydrogen (secondary N) is 1. The van der Waals surface area contributed by atoms with Crippen molar-refractivity contribution in [2.75, 3.05) is 12.0 Å². The molecular weight excluding hydrogens is 274 g/mol. The molecule has 1 amide bonds. The molecule has 20 heavy (non-hydrogen) atoms. The van der Waals surface area contributed by atoms with Crippen molar-refractivity contribution in [3.63, 3.8) is 0 Å². The predicted octanol–water partition coefficient (Wildman–Crippen LogP) is 1.46. The summed E-state index contributed by atoms with van der Waals surface area (Å²) in [5, 5.41) is 11.2. The topological polar surface area (TPSA) is 85.8 Å². The fraction of sp³-hybridized carbons (Fsp3) is 0.308. The van der Waals surface area contributed by atoms with Gasteiger partial charge in [-0.2, -0.15) is 0 Å². The first-order valence-electron chi connectivity index (χ1n) is 6.18. The molecule has 3 N–H and O–H groups in total. The molecule has 0 saturated heterocycles. The summed E-state index contributed by atoms with van der Waals surface area (Å²) in [7, 11) is 0. The Morgan fingerprint density at radius 1 is 1.40 bits per heavy atom. The van der Waals surface area contributed by atoms with Crippen LogP contribution >= 0.6 is 11.8 Å². The van der Waals surface area contributed by atoms with E-state index in [0.717, 1.165) is 5.56 Å². The van der Waals surface area contributed by atoms with Gasteiger partial charge >= 0.3 is 0 Å².